The third kappa shape index (κ3) is 3.71. The average molecular weight is 281 g/mol. The number of hydrogen-bond acceptors (Lipinski definition) is 5. The van der Waals surface area contributed by atoms with Crippen LogP contribution in [0.4, 0.5) is 0 Å². The van der Waals surface area contributed by atoms with Crippen molar-refractivity contribution in [3.05, 3.63) is 5.82 Å². The zero-order valence-corrected chi connectivity index (χ0v) is 12.7. The number of ether oxygens (including phenoxy) is 1. The smallest absolute Gasteiger partial charge is 0.417 e. The maximum atomic E-state index is 12.0. The molecule has 6 heteroatoms. The van der Waals surface area contributed by atoms with Crippen LogP contribution in [-0.2, 0) is 10.2 Å². The number of piperidine rings is 1. The Kier molecular flexibility index (Phi) is 4.30. The van der Waals surface area contributed by atoms with E-state index in [4.69, 9.17) is 9.26 Å². The monoisotopic (exact) mass is 281 g/mol. The molecule has 1 fully saturated rings. The van der Waals surface area contributed by atoms with Crippen molar-refractivity contribution in [3.63, 3.8) is 0 Å². The Morgan fingerprint density at radius 3 is 2.85 bits per heavy atom. The first-order chi connectivity index (χ1) is 9.36. The van der Waals surface area contributed by atoms with Crippen molar-refractivity contribution >= 4 is 5.91 Å². The Labute approximate surface area is 119 Å². The Morgan fingerprint density at radius 2 is 2.25 bits per heavy atom. The van der Waals surface area contributed by atoms with E-state index in [1.165, 1.54) is 6.42 Å². The van der Waals surface area contributed by atoms with Crippen molar-refractivity contribution in [1.29, 1.82) is 0 Å². The molecule has 2 heterocycles. The van der Waals surface area contributed by atoms with Crippen LogP contribution in [-0.4, -0.2) is 40.6 Å². The molecule has 0 N–H and O–H groups in total. The zero-order chi connectivity index (χ0) is 14.8. The summed E-state index contributed by atoms with van der Waals surface area (Å²) in [6.45, 7) is 9.70. The molecule has 0 radical (unpaired) electrons. The van der Waals surface area contributed by atoms with Gasteiger partial charge in [0.05, 0.1) is 0 Å². The molecule has 1 saturated heterocycles. The Bertz CT molecular complexity index is 464. The van der Waals surface area contributed by atoms with Gasteiger partial charge in [-0.2, -0.15) is 4.98 Å². The van der Waals surface area contributed by atoms with E-state index < -0.39 is 0 Å². The average Bonchev–Trinajstić information content (AvgIpc) is 2.84. The second-order valence-corrected chi connectivity index (χ2v) is 6.51. The lowest BCUT2D eigenvalue weighted by molar-refractivity contribution is -0.135. The van der Waals surface area contributed by atoms with Gasteiger partial charge in [0.1, 0.15) is 0 Å². The topological polar surface area (TPSA) is 68.5 Å². The van der Waals surface area contributed by atoms with Crippen LogP contribution in [0.15, 0.2) is 4.52 Å². The molecule has 6 nitrogen and oxygen atoms in total. The van der Waals surface area contributed by atoms with Gasteiger partial charge in [0.15, 0.2) is 12.4 Å². The van der Waals surface area contributed by atoms with Crippen molar-refractivity contribution in [1.82, 2.24) is 15.0 Å². The first kappa shape index (κ1) is 14.8. The van der Waals surface area contributed by atoms with Gasteiger partial charge in [-0.3, -0.25) is 9.32 Å². The highest BCUT2D eigenvalue weighted by molar-refractivity contribution is 5.77. The number of amides is 1. The van der Waals surface area contributed by atoms with E-state index in [-0.39, 0.29) is 24.0 Å². The Morgan fingerprint density at radius 1 is 1.50 bits per heavy atom. The van der Waals surface area contributed by atoms with E-state index in [9.17, 15) is 4.79 Å². The Hall–Kier alpha value is -1.59. The molecule has 0 aromatic carbocycles. The maximum absolute atomic E-state index is 12.0. The summed E-state index contributed by atoms with van der Waals surface area (Å²) in [5.41, 5.74) is -0.197. The number of nitrogens with zero attached hydrogens (tertiary/aromatic N) is 3. The fourth-order valence-electron chi connectivity index (χ4n) is 2.20. The highest BCUT2D eigenvalue weighted by Crippen LogP contribution is 2.21. The molecule has 1 amide bonds. The van der Waals surface area contributed by atoms with Gasteiger partial charge in [0.2, 0.25) is 0 Å². The fourth-order valence-corrected chi connectivity index (χ4v) is 2.20. The van der Waals surface area contributed by atoms with Crippen molar-refractivity contribution in [2.75, 3.05) is 19.7 Å². The molecule has 0 saturated carbocycles. The van der Waals surface area contributed by atoms with Crippen LogP contribution in [0.3, 0.4) is 0 Å². The zero-order valence-electron chi connectivity index (χ0n) is 12.7. The van der Waals surface area contributed by atoms with E-state index in [0.29, 0.717) is 11.7 Å². The van der Waals surface area contributed by atoms with E-state index in [2.05, 4.69) is 17.1 Å². The molecule has 1 aliphatic heterocycles. The number of hydrogen-bond donors (Lipinski definition) is 0. The minimum atomic E-state index is -0.197. The quantitative estimate of drug-likeness (QED) is 0.847. The number of aromatic nitrogens is 2. The lowest BCUT2D eigenvalue weighted by Gasteiger charge is -2.30. The van der Waals surface area contributed by atoms with Gasteiger partial charge in [-0.1, -0.05) is 32.9 Å². The van der Waals surface area contributed by atoms with Gasteiger partial charge in [-0.25, -0.2) is 0 Å². The van der Waals surface area contributed by atoms with Gasteiger partial charge in [0, 0.05) is 18.5 Å². The minimum Gasteiger partial charge on any atom is -0.439 e. The molecule has 0 aliphatic carbocycles. The molecule has 1 aliphatic rings. The number of carbonyl (C=O) groups is 1. The molecule has 0 bridgehead atoms. The number of carbonyl (C=O) groups excluding carboxylic acids is 1. The molecular weight excluding hydrogens is 258 g/mol. The van der Waals surface area contributed by atoms with Crippen LogP contribution < -0.4 is 4.74 Å². The van der Waals surface area contributed by atoms with Crippen LogP contribution in [0.1, 0.15) is 46.4 Å². The molecule has 1 aromatic heterocycles. The molecule has 2 rings (SSSR count). The Balaban J connectivity index is 1.85. The number of likely N-dealkylation sites (tertiary alicyclic amines) is 1. The van der Waals surface area contributed by atoms with E-state index >= 15 is 0 Å². The second kappa shape index (κ2) is 5.81. The molecule has 0 spiro atoms. The maximum Gasteiger partial charge on any atom is 0.417 e. The van der Waals surface area contributed by atoms with E-state index in [1.807, 2.05) is 25.7 Å². The van der Waals surface area contributed by atoms with Gasteiger partial charge in [-0.05, 0) is 18.8 Å². The van der Waals surface area contributed by atoms with Crippen molar-refractivity contribution in [3.8, 4) is 6.08 Å². The highest BCUT2D eigenvalue weighted by atomic mass is 16.6. The summed E-state index contributed by atoms with van der Waals surface area (Å²) in [7, 11) is 0. The third-order valence-electron chi connectivity index (χ3n) is 3.41. The van der Waals surface area contributed by atoms with Gasteiger partial charge in [0.25, 0.3) is 5.91 Å². The highest BCUT2D eigenvalue weighted by Gasteiger charge is 2.24. The van der Waals surface area contributed by atoms with Crippen LogP contribution >= 0.6 is 0 Å². The molecule has 1 aromatic rings. The first-order valence-electron chi connectivity index (χ1n) is 7.11. The fraction of sp³-hybridized carbons (Fsp3) is 0.786. The normalized spacial score (nSPS) is 20.0. The third-order valence-corrected chi connectivity index (χ3v) is 3.41. The minimum absolute atomic E-state index is 0.0212. The van der Waals surface area contributed by atoms with Crippen molar-refractivity contribution < 1.29 is 14.1 Å². The standard InChI is InChI=1S/C14H23N3O3/c1-10-6-5-7-17(8-10)11(18)9-19-13-15-12(16-20-13)14(2,3)4/h10H,5-9H2,1-4H3. The second-order valence-electron chi connectivity index (χ2n) is 6.51. The van der Waals surface area contributed by atoms with Crippen LogP contribution in [0.2, 0.25) is 0 Å². The lowest BCUT2D eigenvalue weighted by Crippen LogP contribution is -2.41. The van der Waals surface area contributed by atoms with Crippen molar-refractivity contribution in [2.45, 2.75) is 46.0 Å². The molecular formula is C14H23N3O3. The molecule has 1 unspecified atom stereocenters. The first-order valence-corrected chi connectivity index (χ1v) is 7.11. The predicted molar refractivity (Wildman–Crippen MR) is 73.5 cm³/mol. The van der Waals surface area contributed by atoms with Gasteiger partial charge >= 0.3 is 6.08 Å². The van der Waals surface area contributed by atoms with Crippen LogP contribution in [0.5, 0.6) is 6.08 Å². The van der Waals surface area contributed by atoms with Crippen LogP contribution in [0, 0.1) is 5.92 Å². The predicted octanol–water partition coefficient (Wildman–Crippen LogP) is 2.00. The largest absolute Gasteiger partial charge is 0.439 e. The van der Waals surface area contributed by atoms with Crippen LogP contribution in [0.25, 0.3) is 0 Å². The summed E-state index contributed by atoms with van der Waals surface area (Å²) in [5, 5.41) is 3.85. The summed E-state index contributed by atoms with van der Waals surface area (Å²) < 4.78 is 10.3. The van der Waals surface area contributed by atoms with E-state index in [0.717, 1.165) is 19.5 Å². The number of rotatable bonds is 3. The lowest BCUT2D eigenvalue weighted by atomic mass is 9.96. The summed E-state index contributed by atoms with van der Waals surface area (Å²) in [4.78, 5) is 18.0. The SMILES string of the molecule is CC1CCCN(C(=O)COc2nc(C(C)(C)C)no2)C1. The van der Waals surface area contributed by atoms with E-state index in [1.54, 1.807) is 0 Å². The summed E-state index contributed by atoms with van der Waals surface area (Å²) in [6.07, 6.45) is 2.30. The summed E-state index contributed by atoms with van der Waals surface area (Å²) in [6, 6.07) is 0. The molecule has 112 valence electrons. The van der Waals surface area contributed by atoms with Gasteiger partial charge < -0.3 is 9.64 Å². The molecule has 20 heavy (non-hydrogen) atoms. The van der Waals surface area contributed by atoms with Crippen molar-refractivity contribution in [2.24, 2.45) is 5.92 Å². The summed E-state index contributed by atoms with van der Waals surface area (Å²) >= 11 is 0. The molecule has 1 atom stereocenters. The summed E-state index contributed by atoms with van der Waals surface area (Å²) in [5.74, 6) is 1.11. The van der Waals surface area contributed by atoms with Gasteiger partial charge in [-0.15, -0.1) is 0 Å².